The normalized spacial score (nSPS) is 11.4. The summed E-state index contributed by atoms with van der Waals surface area (Å²) < 4.78 is 0. The van der Waals surface area contributed by atoms with Gasteiger partial charge in [0.25, 0.3) is 0 Å². The molecule has 0 bridgehead atoms. The molecule has 0 aromatic heterocycles. The molecule has 0 N–H and O–H groups in total. The van der Waals surface area contributed by atoms with E-state index in [1.165, 1.54) is 61.0 Å². The molecule has 7 aromatic rings. The van der Waals surface area contributed by atoms with E-state index in [0.29, 0.717) is 0 Å². The van der Waals surface area contributed by atoms with Gasteiger partial charge in [-0.25, -0.2) is 0 Å². The highest BCUT2D eigenvalue weighted by molar-refractivity contribution is 6.13. The Balaban J connectivity index is 1.34. The molecule has 192 valence electrons. The van der Waals surface area contributed by atoms with Crippen molar-refractivity contribution in [3.8, 4) is 44.5 Å². The molecule has 1 aliphatic carbocycles. The molecule has 7 aromatic carbocycles. The van der Waals surface area contributed by atoms with E-state index in [-0.39, 0.29) is 0 Å². The third-order valence-electron chi connectivity index (χ3n) is 8.19. The number of para-hydroxylation sites is 1. The van der Waals surface area contributed by atoms with Crippen molar-refractivity contribution in [1.82, 2.24) is 0 Å². The van der Waals surface area contributed by atoms with E-state index >= 15 is 0 Å². The maximum Gasteiger partial charge on any atom is 0.0546 e. The van der Waals surface area contributed by atoms with Crippen LogP contribution in [-0.4, -0.2) is 0 Å². The van der Waals surface area contributed by atoms with Crippen molar-refractivity contribution in [3.63, 3.8) is 0 Å². The summed E-state index contributed by atoms with van der Waals surface area (Å²) in [6.45, 7) is 0. The molecule has 0 atom stereocenters. The summed E-state index contributed by atoms with van der Waals surface area (Å²) >= 11 is 0. The average molecular weight is 522 g/mol. The second-order valence-electron chi connectivity index (χ2n) is 10.6. The van der Waals surface area contributed by atoms with Gasteiger partial charge in [-0.3, -0.25) is 0 Å². The largest absolute Gasteiger partial charge is 0.309 e. The fourth-order valence-electron chi connectivity index (χ4n) is 6.21. The molecule has 41 heavy (non-hydrogen) atoms. The third kappa shape index (κ3) is 3.94. The fraction of sp³-hybridized carbons (Fsp3) is 0. The van der Waals surface area contributed by atoms with Crippen molar-refractivity contribution in [3.05, 3.63) is 164 Å². The summed E-state index contributed by atoms with van der Waals surface area (Å²) in [5.41, 5.74) is 13.6. The number of nitrogens with zero attached hydrogens (tertiary/aromatic N) is 1. The van der Waals surface area contributed by atoms with Crippen LogP contribution in [0.4, 0.5) is 17.1 Å². The Morgan fingerprint density at radius 1 is 0.317 bits per heavy atom. The van der Waals surface area contributed by atoms with Crippen LogP contribution in [0.5, 0.6) is 0 Å². The Hall–Kier alpha value is -5.40. The molecular weight excluding hydrogens is 494 g/mol. The monoisotopic (exact) mass is 521 g/mol. The molecule has 0 fully saturated rings. The fourth-order valence-corrected chi connectivity index (χ4v) is 6.21. The predicted octanol–water partition coefficient (Wildman–Crippen LogP) is 11.3. The topological polar surface area (TPSA) is 3.24 Å². The summed E-state index contributed by atoms with van der Waals surface area (Å²) in [5, 5.41) is 2.56. The van der Waals surface area contributed by atoms with Crippen LogP contribution < -0.4 is 4.90 Å². The zero-order valence-electron chi connectivity index (χ0n) is 22.5. The molecule has 1 nitrogen and oxygen atoms in total. The van der Waals surface area contributed by atoms with Crippen molar-refractivity contribution in [1.29, 1.82) is 0 Å². The van der Waals surface area contributed by atoms with Crippen LogP contribution in [0.3, 0.4) is 0 Å². The Morgan fingerprint density at radius 3 is 1.59 bits per heavy atom. The van der Waals surface area contributed by atoms with Gasteiger partial charge in [-0.2, -0.15) is 0 Å². The van der Waals surface area contributed by atoms with E-state index in [4.69, 9.17) is 0 Å². The van der Waals surface area contributed by atoms with Gasteiger partial charge in [0, 0.05) is 16.8 Å². The van der Waals surface area contributed by atoms with E-state index in [1.54, 1.807) is 0 Å². The van der Waals surface area contributed by atoms with Crippen molar-refractivity contribution in [2.24, 2.45) is 0 Å². The molecule has 8 rings (SSSR count). The van der Waals surface area contributed by atoms with Crippen molar-refractivity contribution >= 4 is 27.8 Å². The zero-order valence-corrected chi connectivity index (χ0v) is 22.5. The lowest BCUT2D eigenvalue weighted by Gasteiger charge is -2.35. The first kappa shape index (κ1) is 23.5. The molecule has 0 saturated carbocycles. The highest BCUT2D eigenvalue weighted by atomic mass is 15.1. The minimum atomic E-state index is 1.13. The maximum atomic E-state index is 2.44. The molecule has 0 heterocycles. The smallest absolute Gasteiger partial charge is 0.0546 e. The summed E-state index contributed by atoms with van der Waals surface area (Å²) in [6.07, 6.45) is 0. The Morgan fingerprint density at radius 2 is 0.854 bits per heavy atom. The number of fused-ring (bicyclic) bond motifs is 5. The number of benzene rings is 7. The van der Waals surface area contributed by atoms with E-state index in [2.05, 4.69) is 169 Å². The molecule has 1 heteroatoms. The van der Waals surface area contributed by atoms with Gasteiger partial charge in [-0.1, -0.05) is 127 Å². The standard InChI is InChI=1S/C40H27N/c1-3-12-28(13-4-1)29-22-24-33(25-23-29)41(38-20-10-9-18-34(38)30-14-5-2-6-15-30)39-21-11-19-35-36-26-31-16-7-8-17-32(31)27-37(36)40(35)39/h1-27H. The second kappa shape index (κ2) is 9.66. The molecular formula is C40H27N. The van der Waals surface area contributed by atoms with Crippen LogP contribution in [-0.2, 0) is 0 Å². The number of rotatable bonds is 5. The minimum absolute atomic E-state index is 1.13. The number of hydrogen-bond acceptors (Lipinski definition) is 1. The van der Waals surface area contributed by atoms with Crippen molar-refractivity contribution < 1.29 is 0 Å². The van der Waals surface area contributed by atoms with E-state index in [0.717, 1.165) is 11.4 Å². The van der Waals surface area contributed by atoms with Gasteiger partial charge in [0.15, 0.2) is 0 Å². The first-order valence-corrected chi connectivity index (χ1v) is 14.1. The summed E-state index contributed by atoms with van der Waals surface area (Å²) in [6, 6.07) is 59.1. The quantitative estimate of drug-likeness (QED) is 0.218. The second-order valence-corrected chi connectivity index (χ2v) is 10.6. The van der Waals surface area contributed by atoms with Crippen LogP contribution in [0.15, 0.2) is 164 Å². The lowest BCUT2D eigenvalue weighted by molar-refractivity contribution is 1.28. The van der Waals surface area contributed by atoms with Crippen LogP contribution in [0.1, 0.15) is 0 Å². The molecule has 0 spiro atoms. The Bertz CT molecular complexity index is 2020. The SMILES string of the molecule is c1ccc(-c2ccc(N(c3ccccc3-c3ccccc3)c3cccc4c3-c3cc5ccccc5cc3-4)cc2)cc1. The Kier molecular flexibility index (Phi) is 5.53. The van der Waals surface area contributed by atoms with E-state index < -0.39 is 0 Å². The van der Waals surface area contributed by atoms with Crippen LogP contribution >= 0.6 is 0 Å². The van der Waals surface area contributed by atoms with Gasteiger partial charge in [0.1, 0.15) is 0 Å². The lowest BCUT2D eigenvalue weighted by atomic mass is 9.78. The molecule has 0 radical (unpaired) electrons. The highest BCUT2D eigenvalue weighted by Gasteiger charge is 2.29. The zero-order chi connectivity index (χ0) is 27.2. The molecule has 0 saturated heterocycles. The van der Waals surface area contributed by atoms with Crippen LogP contribution in [0.2, 0.25) is 0 Å². The number of hydrogen-bond donors (Lipinski definition) is 0. The minimum Gasteiger partial charge on any atom is -0.309 e. The summed E-state index contributed by atoms with van der Waals surface area (Å²) in [5.74, 6) is 0. The van der Waals surface area contributed by atoms with Gasteiger partial charge in [-0.05, 0) is 80.6 Å². The molecule has 0 aliphatic heterocycles. The van der Waals surface area contributed by atoms with Gasteiger partial charge in [0.2, 0.25) is 0 Å². The summed E-state index contributed by atoms with van der Waals surface area (Å²) in [7, 11) is 0. The Labute approximate surface area is 240 Å². The van der Waals surface area contributed by atoms with Gasteiger partial charge in [0.05, 0.1) is 11.4 Å². The first-order chi connectivity index (χ1) is 20.3. The third-order valence-corrected chi connectivity index (χ3v) is 8.19. The first-order valence-electron chi connectivity index (χ1n) is 14.1. The van der Waals surface area contributed by atoms with Gasteiger partial charge in [-0.15, -0.1) is 0 Å². The van der Waals surface area contributed by atoms with Crippen molar-refractivity contribution in [2.45, 2.75) is 0 Å². The van der Waals surface area contributed by atoms with Crippen LogP contribution in [0, 0.1) is 0 Å². The predicted molar refractivity (Wildman–Crippen MR) is 174 cm³/mol. The van der Waals surface area contributed by atoms with E-state index in [1.807, 2.05) is 0 Å². The lowest BCUT2D eigenvalue weighted by Crippen LogP contribution is -2.15. The van der Waals surface area contributed by atoms with E-state index in [9.17, 15) is 0 Å². The average Bonchev–Trinajstić information content (AvgIpc) is 3.05. The number of anilines is 3. The van der Waals surface area contributed by atoms with Crippen LogP contribution in [0.25, 0.3) is 55.3 Å². The highest BCUT2D eigenvalue weighted by Crippen LogP contribution is 2.55. The van der Waals surface area contributed by atoms with Gasteiger partial charge < -0.3 is 4.90 Å². The van der Waals surface area contributed by atoms with Gasteiger partial charge >= 0.3 is 0 Å². The molecule has 1 aliphatic rings. The molecule has 0 amide bonds. The van der Waals surface area contributed by atoms with Crippen molar-refractivity contribution in [2.75, 3.05) is 4.90 Å². The summed E-state index contributed by atoms with van der Waals surface area (Å²) in [4.78, 5) is 2.44. The molecule has 0 unspecified atom stereocenters. The maximum absolute atomic E-state index is 2.44.